The summed E-state index contributed by atoms with van der Waals surface area (Å²) in [6.45, 7) is 19.3. The number of nitrogens with zero attached hydrogens (tertiary/aromatic N) is 14. The number of carbonyl (C=O) groups excluding carboxylic acids is 7. The minimum absolute atomic E-state index is 0.0967. The van der Waals surface area contributed by atoms with E-state index in [1.807, 2.05) is 135 Å². The minimum atomic E-state index is -3.61. The third-order valence-electron chi connectivity index (χ3n) is 27.0. The van der Waals surface area contributed by atoms with E-state index in [1.165, 1.54) is 26.5 Å². The molecule has 790 valence electrons. The number of aliphatic hydroxyl groups is 1. The van der Waals surface area contributed by atoms with Crippen LogP contribution in [-0.4, -0.2) is 346 Å². The topological polar surface area (TPSA) is 455 Å². The van der Waals surface area contributed by atoms with Crippen LogP contribution in [0.5, 0.6) is 11.8 Å². The number of aliphatic hydroxyl groups excluding tert-OH is 1. The molecule has 3 saturated carbocycles. The fourth-order valence-corrected chi connectivity index (χ4v) is 24.4. The number of anilines is 2. The van der Waals surface area contributed by atoms with Crippen molar-refractivity contribution >= 4 is 115 Å². The lowest BCUT2D eigenvalue weighted by molar-refractivity contribution is -0.109. The number of rotatable bonds is 26. The molecule has 0 unspecified atom stereocenters. The summed E-state index contributed by atoms with van der Waals surface area (Å²) in [5, 5.41) is 11.5. The molecule has 18 rings (SSSR count). The van der Waals surface area contributed by atoms with Crippen LogP contribution in [0, 0.1) is 11.8 Å². The van der Waals surface area contributed by atoms with Gasteiger partial charge in [0.2, 0.25) is 40.9 Å². The molecule has 9 aliphatic heterocycles. The molecule has 0 bridgehead atoms. The van der Waals surface area contributed by atoms with E-state index in [9.17, 15) is 72.3 Å². The first-order valence-electron chi connectivity index (χ1n) is 49.5. The van der Waals surface area contributed by atoms with Crippen LogP contribution < -0.4 is 24.6 Å². The van der Waals surface area contributed by atoms with Crippen LogP contribution in [0.25, 0.3) is 0 Å². The number of β-amino-alcohol motifs (C(OH)–C–C–N with tert-alkyl or cyclic N) is 1. The van der Waals surface area contributed by atoms with E-state index in [-0.39, 0.29) is 89.4 Å². The number of carbonyl (C=O) groups is 7. The van der Waals surface area contributed by atoms with Gasteiger partial charge >= 0.3 is 36.6 Å². The zero-order valence-corrected chi connectivity index (χ0v) is 87.1. The zero-order valence-electron chi connectivity index (χ0n) is 82.2. The van der Waals surface area contributed by atoms with Gasteiger partial charge in [0.05, 0.1) is 78.8 Å². The Hall–Kier alpha value is -10.2. The molecule has 2 aromatic heterocycles. The summed E-state index contributed by atoms with van der Waals surface area (Å²) in [7, 11) is -8.26. The van der Waals surface area contributed by atoms with Crippen LogP contribution in [0.2, 0.25) is 0 Å². The number of benzene rings is 4. The number of halogens is 1. The maximum Gasteiger partial charge on any atom is 0.410 e. The Balaban J connectivity index is 0.000000149. The van der Waals surface area contributed by atoms with E-state index in [0.717, 1.165) is 130 Å². The summed E-state index contributed by atoms with van der Waals surface area (Å²) < 4.78 is 147. The molecular formula is C98H136ClN15O25S5. The summed E-state index contributed by atoms with van der Waals surface area (Å²) in [6, 6.07) is 37.8. The van der Waals surface area contributed by atoms with Gasteiger partial charge in [-0.3, -0.25) is 8.98 Å². The van der Waals surface area contributed by atoms with Crippen molar-refractivity contribution in [2.75, 3.05) is 173 Å². The SMILES string of the molecule is CC(=O)S[C@@H]1CCN(C(=O)OCc2ccccc2)C1.CC1(OC(=O)N2CCC(COc3cnc(N4CCN(S(=O)(=O)C5CCCC5)CC4)cn3)CC2)CC1.CC1(OC(=O)N2CCC(COc3cnc(N4CCN(S(=O)(=O)[C@@H]5CCNC5)CC4)cn3)CC2)CC1.CS(=O)(=O)O[C@H]1CCN(C(=O)OCc2ccccc2)C1.O=C(OCc1ccccc1)N1CC[C@@H](S(=O)(=O)Cl)C1.O=C(OCc1ccccc1)N1CC[C@H](O)C1. The van der Waals surface area contributed by atoms with Gasteiger partial charge in [-0.15, -0.1) is 0 Å². The Morgan fingerprint density at radius 3 is 1.15 bits per heavy atom. The van der Waals surface area contributed by atoms with Gasteiger partial charge in [0.1, 0.15) is 49.3 Å². The molecule has 40 nitrogen and oxygen atoms in total. The lowest BCUT2D eigenvalue weighted by Gasteiger charge is -2.35. The molecule has 0 spiro atoms. The molecule has 144 heavy (non-hydrogen) atoms. The predicted molar refractivity (Wildman–Crippen MR) is 538 cm³/mol. The molecular weight excluding hydrogens is 1980 g/mol. The van der Waals surface area contributed by atoms with Crippen LogP contribution >= 0.6 is 22.4 Å². The molecule has 11 heterocycles. The number of sulfonamides is 2. The van der Waals surface area contributed by atoms with Crippen molar-refractivity contribution < 1.29 is 114 Å². The molecule has 2 N–H and O–H groups in total. The maximum absolute atomic E-state index is 12.8. The van der Waals surface area contributed by atoms with Crippen molar-refractivity contribution in [2.45, 2.75) is 201 Å². The standard InChI is InChI=1S/C24H37N5O5S.C23H36N6O5S.C14H17NO3S.C13H17NO5S.C12H14ClNO4S.C12H15NO3/c1-24(8-9-24)34-23(30)28-10-6-19(7-11-28)18-33-22-17-25-21(16-26-22)27-12-14-29(15-13-27)35(31,32)20-4-2-3-5-20;1-23(5-6-23)34-22(30)28-8-3-18(4-9-28)17-33-21-16-25-20(15-26-21)27-10-12-29(13-11-27)35(31,32)19-2-7-24-14-19;1-11(16)19-13-7-8-15(9-13)14(17)18-10-12-5-3-2-4-6-12;1-20(16,17)19-12-7-8-14(9-12)13(15)18-10-11-5-3-2-4-6-11;13-19(16,17)11-6-7-14(8-11)12(15)18-9-10-4-2-1-3-5-10;14-11-6-7-13(8-11)12(15)16-9-10-4-2-1-3-5-10/h16-17,19-20H,2-15,18H2,1H3;15-16,18-19,24H,2-14,17H2,1H3;2-6,13H,7-10H2,1H3;2-6,12H,7-10H2,1H3;1-5,11H,6-9H2;1-5,11,14H,6-9H2/t;19-;13-;12-;2*11-/m.11010/s1. The molecule has 3 aliphatic carbocycles. The van der Waals surface area contributed by atoms with E-state index >= 15 is 0 Å². The van der Waals surface area contributed by atoms with Crippen molar-refractivity contribution in [3.63, 3.8) is 0 Å². The fraction of sp³-hybridized carbons (Fsp3) is 0.602. The number of piperidine rings is 2. The van der Waals surface area contributed by atoms with E-state index in [1.54, 1.807) is 55.0 Å². The number of aromatic nitrogens is 4. The summed E-state index contributed by atoms with van der Waals surface area (Å²) in [5.41, 5.74) is 3.27. The number of hydrogen-bond donors (Lipinski definition) is 2. The van der Waals surface area contributed by atoms with Gasteiger partial charge in [0.15, 0.2) is 5.12 Å². The van der Waals surface area contributed by atoms with Gasteiger partial charge in [-0.25, -0.2) is 74.0 Å². The molecule has 5 atom stereocenters. The Kier molecular flexibility index (Phi) is 40.8. The molecule has 4 aromatic carbocycles. The number of piperazine rings is 2. The van der Waals surface area contributed by atoms with Crippen molar-refractivity contribution in [3.05, 3.63) is 168 Å². The number of nitrogens with one attached hydrogen (secondary N) is 1. The minimum Gasteiger partial charge on any atom is -0.476 e. The average Bonchev–Trinajstić information content (AvgIpc) is 1.42. The lowest BCUT2D eigenvalue weighted by Crippen LogP contribution is -2.51. The largest absolute Gasteiger partial charge is 0.476 e. The smallest absolute Gasteiger partial charge is 0.410 e. The highest BCUT2D eigenvalue weighted by Gasteiger charge is 2.46. The first-order valence-corrected chi connectivity index (χ1v) is 57.6. The third-order valence-corrected chi connectivity index (χ3v) is 35.3. The second kappa shape index (κ2) is 52.9. The Morgan fingerprint density at radius 1 is 0.417 bits per heavy atom. The molecule has 0 radical (unpaired) electrons. The van der Waals surface area contributed by atoms with Gasteiger partial charge in [-0.05, 0) is 151 Å². The van der Waals surface area contributed by atoms with Crippen molar-refractivity contribution in [3.8, 4) is 11.8 Å². The van der Waals surface area contributed by atoms with Gasteiger partial charge < -0.3 is 87.5 Å². The van der Waals surface area contributed by atoms with E-state index in [2.05, 4.69) is 35.1 Å². The summed E-state index contributed by atoms with van der Waals surface area (Å²) in [6.07, 6.45) is 18.8. The molecule has 6 amide bonds. The highest BCUT2D eigenvalue weighted by atomic mass is 35.7. The predicted octanol–water partition coefficient (Wildman–Crippen LogP) is 11.1. The quantitative estimate of drug-likeness (QED) is 0.0289. The zero-order chi connectivity index (χ0) is 102. The second-order valence-corrected chi connectivity index (χ2v) is 48.8. The Morgan fingerprint density at radius 2 is 0.792 bits per heavy atom. The van der Waals surface area contributed by atoms with Crippen molar-refractivity contribution in [1.29, 1.82) is 0 Å². The number of ether oxygens (including phenoxy) is 8. The molecule has 6 aromatic rings. The van der Waals surface area contributed by atoms with E-state index in [0.29, 0.717) is 193 Å². The van der Waals surface area contributed by atoms with Gasteiger partial charge in [0.25, 0.3) is 10.1 Å². The first-order chi connectivity index (χ1) is 69.0. The lowest BCUT2D eigenvalue weighted by atomic mass is 9.98. The summed E-state index contributed by atoms with van der Waals surface area (Å²) in [5.74, 6) is 3.17. The van der Waals surface area contributed by atoms with Crippen LogP contribution in [0.4, 0.5) is 40.4 Å². The molecule has 9 saturated heterocycles. The Bertz CT molecular complexity index is 5430. The number of likely N-dealkylation sites (tertiary alicyclic amines) is 6. The van der Waals surface area contributed by atoms with Crippen LogP contribution in [0.3, 0.4) is 0 Å². The van der Waals surface area contributed by atoms with E-state index < -0.39 is 68.9 Å². The number of amides is 6. The normalized spacial score (nSPS) is 21.8. The second-order valence-electron chi connectivity index (χ2n) is 38.4. The monoisotopic (exact) mass is 2120 g/mol. The van der Waals surface area contributed by atoms with Crippen LogP contribution in [-0.2, 0) is 103 Å². The van der Waals surface area contributed by atoms with Gasteiger partial charge in [-0.1, -0.05) is 146 Å². The van der Waals surface area contributed by atoms with E-state index in [4.69, 9.17) is 52.8 Å². The van der Waals surface area contributed by atoms with Crippen molar-refractivity contribution in [2.24, 2.45) is 11.8 Å². The fourth-order valence-electron chi connectivity index (χ4n) is 17.7. The summed E-state index contributed by atoms with van der Waals surface area (Å²) in [4.78, 5) is 114. The van der Waals surface area contributed by atoms with Gasteiger partial charge in [-0.2, -0.15) is 17.0 Å². The summed E-state index contributed by atoms with van der Waals surface area (Å²) >= 11 is 1.31. The van der Waals surface area contributed by atoms with Crippen LogP contribution in [0.1, 0.15) is 152 Å². The molecule has 12 aliphatic rings. The van der Waals surface area contributed by atoms with Crippen LogP contribution in [0.15, 0.2) is 146 Å². The number of thioether (sulfide) groups is 1. The third kappa shape index (κ3) is 35.3. The molecule has 12 fully saturated rings. The molecule has 46 heteroatoms. The highest BCUT2D eigenvalue weighted by Crippen LogP contribution is 2.41. The van der Waals surface area contributed by atoms with Gasteiger partial charge in [0, 0.05) is 154 Å². The highest BCUT2D eigenvalue weighted by molar-refractivity contribution is 8.14. The number of hydrogen-bond acceptors (Lipinski definition) is 33. The first kappa shape index (κ1) is 111. The Labute approximate surface area is 853 Å². The van der Waals surface area contributed by atoms with Crippen molar-refractivity contribution in [1.82, 2.24) is 63.3 Å². The average molecular weight is 2120 g/mol. The maximum atomic E-state index is 12.8.